The maximum Gasteiger partial charge on any atom is 0.311 e. The average Bonchev–Trinajstić information content (AvgIpc) is 2.35. The van der Waals surface area contributed by atoms with E-state index < -0.39 is 11.6 Å². The van der Waals surface area contributed by atoms with Gasteiger partial charge in [0.2, 0.25) is 0 Å². The van der Waals surface area contributed by atoms with Gasteiger partial charge in [0.1, 0.15) is 13.3 Å². The zero-order chi connectivity index (χ0) is 12.8. The Balaban J connectivity index is 3.13. The van der Waals surface area contributed by atoms with Crippen molar-refractivity contribution in [2.45, 2.75) is 0 Å². The zero-order valence-corrected chi connectivity index (χ0v) is 8.67. The predicted molar refractivity (Wildman–Crippen MR) is 57.1 cm³/mol. The van der Waals surface area contributed by atoms with Gasteiger partial charge in [0.15, 0.2) is 11.6 Å². The standard InChI is InChI=1S/C9H10FN3O4/c10-3-4-17-8-2-1-6(9(11)12-14)5-7(8)13(15)16/h1-2,5,14H,3-4H2,(H2,11,12). The molecule has 0 saturated heterocycles. The van der Waals surface area contributed by atoms with Crippen LogP contribution in [0.15, 0.2) is 23.4 Å². The molecule has 8 heteroatoms. The highest BCUT2D eigenvalue weighted by Crippen LogP contribution is 2.27. The number of nitro benzene ring substituents is 1. The van der Waals surface area contributed by atoms with Crippen LogP contribution in [-0.4, -0.2) is 29.2 Å². The fraction of sp³-hybridized carbons (Fsp3) is 0.222. The van der Waals surface area contributed by atoms with Crippen molar-refractivity contribution in [2.75, 3.05) is 13.3 Å². The van der Waals surface area contributed by atoms with Gasteiger partial charge in [0, 0.05) is 11.6 Å². The van der Waals surface area contributed by atoms with E-state index in [0.717, 1.165) is 6.07 Å². The summed E-state index contributed by atoms with van der Waals surface area (Å²) in [6, 6.07) is 3.72. The molecular formula is C9H10FN3O4. The number of ether oxygens (including phenoxy) is 1. The summed E-state index contributed by atoms with van der Waals surface area (Å²) in [5, 5.41) is 21.9. The van der Waals surface area contributed by atoms with Crippen molar-refractivity contribution in [3.8, 4) is 5.75 Å². The first-order chi connectivity index (χ1) is 8.10. The highest BCUT2D eigenvalue weighted by molar-refractivity contribution is 5.97. The van der Waals surface area contributed by atoms with E-state index in [2.05, 4.69) is 5.16 Å². The van der Waals surface area contributed by atoms with Crippen LogP contribution in [0.1, 0.15) is 5.56 Å². The molecular weight excluding hydrogens is 233 g/mol. The van der Waals surface area contributed by atoms with Gasteiger partial charge in [-0.3, -0.25) is 10.1 Å². The number of amidine groups is 1. The molecule has 0 spiro atoms. The summed E-state index contributed by atoms with van der Waals surface area (Å²) in [4.78, 5) is 10.0. The number of halogens is 1. The van der Waals surface area contributed by atoms with Crippen LogP contribution in [0.2, 0.25) is 0 Å². The summed E-state index contributed by atoms with van der Waals surface area (Å²) in [5.41, 5.74) is 5.09. The third-order valence-electron chi connectivity index (χ3n) is 1.89. The number of oxime groups is 1. The molecule has 92 valence electrons. The van der Waals surface area contributed by atoms with E-state index in [0.29, 0.717) is 0 Å². The quantitative estimate of drug-likeness (QED) is 0.264. The lowest BCUT2D eigenvalue weighted by Gasteiger charge is -2.05. The normalized spacial score (nSPS) is 11.2. The van der Waals surface area contributed by atoms with E-state index >= 15 is 0 Å². The number of alkyl halides is 1. The summed E-state index contributed by atoms with van der Waals surface area (Å²) in [5.74, 6) is -0.327. The molecule has 0 unspecified atom stereocenters. The molecule has 0 aromatic heterocycles. The zero-order valence-electron chi connectivity index (χ0n) is 8.67. The maximum absolute atomic E-state index is 11.9. The molecule has 0 bridgehead atoms. The number of hydrogen-bond acceptors (Lipinski definition) is 5. The lowest BCUT2D eigenvalue weighted by molar-refractivity contribution is -0.385. The minimum absolute atomic E-state index is 0.0675. The van der Waals surface area contributed by atoms with Gasteiger partial charge < -0.3 is 15.7 Å². The van der Waals surface area contributed by atoms with Gasteiger partial charge >= 0.3 is 5.69 Å². The van der Waals surface area contributed by atoms with Crippen molar-refractivity contribution < 1.29 is 19.3 Å². The van der Waals surface area contributed by atoms with Crippen LogP contribution in [0.4, 0.5) is 10.1 Å². The van der Waals surface area contributed by atoms with Crippen LogP contribution >= 0.6 is 0 Å². The van der Waals surface area contributed by atoms with E-state index in [-0.39, 0.29) is 29.4 Å². The molecule has 0 heterocycles. The number of benzene rings is 1. The molecule has 0 atom stereocenters. The molecule has 0 saturated carbocycles. The van der Waals surface area contributed by atoms with E-state index in [9.17, 15) is 14.5 Å². The molecule has 0 aliphatic carbocycles. The number of hydrogen-bond donors (Lipinski definition) is 2. The number of rotatable bonds is 5. The first-order valence-corrected chi connectivity index (χ1v) is 4.55. The SMILES string of the molecule is N/C(=N/O)c1ccc(OCCF)c([N+](=O)[O-])c1. The monoisotopic (exact) mass is 243 g/mol. The summed E-state index contributed by atoms with van der Waals surface area (Å²) in [6.45, 7) is -1.02. The molecule has 0 radical (unpaired) electrons. The topological polar surface area (TPSA) is 111 Å². The minimum atomic E-state index is -0.751. The molecule has 1 rings (SSSR count). The molecule has 3 N–H and O–H groups in total. The largest absolute Gasteiger partial charge is 0.484 e. The molecule has 7 nitrogen and oxygen atoms in total. The first kappa shape index (κ1) is 12.7. The molecule has 17 heavy (non-hydrogen) atoms. The van der Waals surface area contributed by atoms with Crippen LogP contribution in [-0.2, 0) is 0 Å². The fourth-order valence-corrected chi connectivity index (χ4v) is 1.15. The van der Waals surface area contributed by atoms with Crippen LogP contribution in [0.5, 0.6) is 5.75 Å². The Morgan fingerprint density at radius 3 is 2.88 bits per heavy atom. The number of nitro groups is 1. The Kier molecular flexibility index (Phi) is 4.21. The van der Waals surface area contributed by atoms with Gasteiger partial charge in [-0.05, 0) is 12.1 Å². The summed E-state index contributed by atoms with van der Waals surface area (Å²) in [6.07, 6.45) is 0. The van der Waals surface area contributed by atoms with Crippen LogP contribution in [0.3, 0.4) is 0 Å². The lowest BCUT2D eigenvalue weighted by Crippen LogP contribution is -2.13. The van der Waals surface area contributed by atoms with Crippen molar-refractivity contribution in [1.29, 1.82) is 0 Å². The second-order valence-corrected chi connectivity index (χ2v) is 2.96. The van der Waals surface area contributed by atoms with Gasteiger partial charge in [0.25, 0.3) is 0 Å². The van der Waals surface area contributed by atoms with Crippen LogP contribution in [0.25, 0.3) is 0 Å². The highest BCUT2D eigenvalue weighted by Gasteiger charge is 2.17. The van der Waals surface area contributed by atoms with Crippen molar-refractivity contribution in [1.82, 2.24) is 0 Å². The molecule has 0 amide bonds. The summed E-state index contributed by atoms with van der Waals surface area (Å²) >= 11 is 0. The van der Waals surface area contributed by atoms with Crippen molar-refractivity contribution in [2.24, 2.45) is 10.9 Å². The van der Waals surface area contributed by atoms with Gasteiger partial charge in [0.05, 0.1) is 4.92 Å². The van der Waals surface area contributed by atoms with Crippen molar-refractivity contribution in [3.05, 3.63) is 33.9 Å². The Morgan fingerprint density at radius 1 is 1.65 bits per heavy atom. The van der Waals surface area contributed by atoms with Crippen molar-refractivity contribution >= 4 is 11.5 Å². The number of nitrogens with two attached hydrogens (primary N) is 1. The van der Waals surface area contributed by atoms with Gasteiger partial charge in [-0.2, -0.15) is 0 Å². The molecule has 0 fully saturated rings. The Bertz CT molecular complexity index is 450. The van der Waals surface area contributed by atoms with Crippen LogP contribution < -0.4 is 10.5 Å². The Hall–Kier alpha value is -2.38. The second-order valence-electron chi connectivity index (χ2n) is 2.96. The summed E-state index contributed by atoms with van der Waals surface area (Å²) in [7, 11) is 0. The van der Waals surface area contributed by atoms with E-state index in [4.69, 9.17) is 15.7 Å². The Labute approximate surface area is 95.4 Å². The van der Waals surface area contributed by atoms with Gasteiger partial charge in [-0.1, -0.05) is 5.16 Å². The molecule has 0 aliphatic heterocycles. The third-order valence-corrected chi connectivity index (χ3v) is 1.89. The van der Waals surface area contributed by atoms with Gasteiger partial charge in [-0.15, -0.1) is 0 Å². The van der Waals surface area contributed by atoms with Crippen LogP contribution in [0, 0.1) is 10.1 Å². The maximum atomic E-state index is 11.9. The lowest BCUT2D eigenvalue weighted by atomic mass is 10.1. The second kappa shape index (κ2) is 5.64. The highest BCUT2D eigenvalue weighted by atomic mass is 19.1. The molecule has 1 aromatic carbocycles. The van der Waals surface area contributed by atoms with Gasteiger partial charge in [-0.25, -0.2) is 4.39 Å². The smallest absolute Gasteiger partial charge is 0.311 e. The molecule has 0 aliphatic rings. The summed E-state index contributed by atoms with van der Waals surface area (Å²) < 4.78 is 16.8. The Morgan fingerprint density at radius 2 is 2.35 bits per heavy atom. The predicted octanol–water partition coefficient (Wildman–Crippen LogP) is 1.04. The fourth-order valence-electron chi connectivity index (χ4n) is 1.15. The third kappa shape index (κ3) is 3.03. The minimum Gasteiger partial charge on any atom is -0.484 e. The van der Waals surface area contributed by atoms with E-state index in [1.54, 1.807) is 0 Å². The van der Waals surface area contributed by atoms with E-state index in [1.807, 2.05) is 0 Å². The molecule has 1 aromatic rings. The van der Waals surface area contributed by atoms with E-state index in [1.165, 1.54) is 12.1 Å². The van der Waals surface area contributed by atoms with Crippen molar-refractivity contribution in [3.63, 3.8) is 0 Å². The number of nitrogens with zero attached hydrogens (tertiary/aromatic N) is 2. The average molecular weight is 243 g/mol. The first-order valence-electron chi connectivity index (χ1n) is 4.55.